The van der Waals surface area contributed by atoms with Crippen LogP contribution in [0.15, 0.2) is 46.1 Å². The summed E-state index contributed by atoms with van der Waals surface area (Å²) in [5.41, 5.74) is 2.84. The molecular formula is C11H13I. The molecule has 0 heterocycles. The molecule has 0 aromatic heterocycles. The monoisotopic (exact) mass is 272 g/mol. The highest BCUT2D eigenvalue weighted by molar-refractivity contribution is 14.1. The van der Waals surface area contributed by atoms with Crippen LogP contribution in [0, 0.1) is 0 Å². The van der Waals surface area contributed by atoms with Crippen LogP contribution in [-0.2, 0) is 0 Å². The summed E-state index contributed by atoms with van der Waals surface area (Å²) in [4.78, 5) is 0. The Morgan fingerprint density at radius 3 is 2.92 bits per heavy atom. The number of hydrogen-bond donors (Lipinski definition) is 0. The van der Waals surface area contributed by atoms with Gasteiger partial charge in [-0.25, -0.2) is 0 Å². The van der Waals surface area contributed by atoms with E-state index in [0.29, 0.717) is 0 Å². The van der Waals surface area contributed by atoms with Gasteiger partial charge in [-0.2, -0.15) is 0 Å². The van der Waals surface area contributed by atoms with E-state index in [2.05, 4.69) is 51.5 Å². The lowest BCUT2D eigenvalue weighted by atomic mass is 9.95. The van der Waals surface area contributed by atoms with Gasteiger partial charge in [0.1, 0.15) is 0 Å². The molecule has 0 unspecified atom stereocenters. The zero-order valence-corrected chi connectivity index (χ0v) is 9.25. The third-order valence-corrected chi connectivity index (χ3v) is 2.27. The van der Waals surface area contributed by atoms with Gasteiger partial charge >= 0.3 is 0 Å². The highest BCUT2D eigenvalue weighted by Gasteiger charge is 2.03. The van der Waals surface area contributed by atoms with E-state index < -0.39 is 0 Å². The van der Waals surface area contributed by atoms with Crippen molar-refractivity contribution in [2.75, 3.05) is 0 Å². The summed E-state index contributed by atoms with van der Waals surface area (Å²) in [5, 5.41) is 0. The Morgan fingerprint density at radius 2 is 2.25 bits per heavy atom. The quantitative estimate of drug-likeness (QED) is 0.662. The van der Waals surface area contributed by atoms with Crippen molar-refractivity contribution < 1.29 is 0 Å². The molecule has 1 aliphatic rings. The number of allylic oxidation sites excluding steroid dienone is 6. The molecule has 0 saturated carbocycles. The third kappa shape index (κ3) is 2.97. The molecule has 1 heteroatoms. The zero-order valence-electron chi connectivity index (χ0n) is 7.09. The molecule has 1 aliphatic carbocycles. The van der Waals surface area contributed by atoms with Gasteiger partial charge in [0.15, 0.2) is 0 Å². The molecule has 0 nitrogen and oxygen atoms in total. The minimum absolute atomic E-state index is 1.20. The molecule has 0 fully saturated rings. The normalized spacial score (nSPS) is 21.4. The van der Waals surface area contributed by atoms with Crippen LogP contribution in [0.5, 0.6) is 0 Å². The van der Waals surface area contributed by atoms with Crippen LogP contribution >= 0.6 is 22.6 Å². The molecule has 64 valence electrons. The molecule has 0 aromatic carbocycles. The fourth-order valence-corrected chi connectivity index (χ4v) is 1.84. The Hall–Kier alpha value is -0.310. The topological polar surface area (TPSA) is 0 Å². The van der Waals surface area contributed by atoms with E-state index in [-0.39, 0.29) is 0 Å². The average molecular weight is 272 g/mol. The molecule has 1 rings (SSSR count). The Balaban J connectivity index is 2.76. The maximum absolute atomic E-state index is 3.70. The Morgan fingerprint density at radius 1 is 1.42 bits per heavy atom. The van der Waals surface area contributed by atoms with Crippen molar-refractivity contribution in [2.45, 2.75) is 19.3 Å². The zero-order chi connectivity index (χ0) is 8.81. The maximum Gasteiger partial charge on any atom is -0.0231 e. The Kier molecular flexibility index (Phi) is 4.36. The van der Waals surface area contributed by atoms with Crippen molar-refractivity contribution in [1.29, 1.82) is 0 Å². The van der Waals surface area contributed by atoms with Gasteiger partial charge in [0.05, 0.1) is 0 Å². The van der Waals surface area contributed by atoms with Crippen molar-refractivity contribution >= 4 is 22.6 Å². The summed E-state index contributed by atoms with van der Waals surface area (Å²) in [5.74, 6) is 0. The summed E-state index contributed by atoms with van der Waals surface area (Å²) < 4.78 is 2.07. The molecular weight excluding hydrogens is 259 g/mol. The average Bonchev–Trinajstić information content (AvgIpc) is 2.06. The summed E-state index contributed by atoms with van der Waals surface area (Å²) in [6.07, 6.45) is 12.1. The number of rotatable bonds is 2. The van der Waals surface area contributed by atoms with Crippen molar-refractivity contribution in [1.82, 2.24) is 0 Å². The van der Waals surface area contributed by atoms with Crippen molar-refractivity contribution in [3.63, 3.8) is 0 Å². The Bertz CT molecular complexity index is 244. The van der Waals surface area contributed by atoms with Gasteiger partial charge in [0.25, 0.3) is 0 Å². The first-order valence-corrected chi connectivity index (χ1v) is 5.40. The molecule has 0 amide bonds. The molecule has 0 aliphatic heterocycles. The SMILES string of the molecule is C=C/C=C1C=C(/C=C/I)CCC/1. The summed E-state index contributed by atoms with van der Waals surface area (Å²) in [6, 6.07) is 0. The Labute approximate surface area is 87.9 Å². The fourth-order valence-electron chi connectivity index (χ4n) is 1.37. The lowest BCUT2D eigenvalue weighted by Gasteiger charge is -2.11. The van der Waals surface area contributed by atoms with Crippen LogP contribution in [0.25, 0.3) is 0 Å². The van der Waals surface area contributed by atoms with Gasteiger partial charge in [0.2, 0.25) is 0 Å². The summed E-state index contributed by atoms with van der Waals surface area (Å²) >= 11 is 2.26. The molecule has 0 bridgehead atoms. The second-order valence-electron chi connectivity index (χ2n) is 2.84. The van der Waals surface area contributed by atoms with Crippen molar-refractivity contribution in [3.8, 4) is 0 Å². The van der Waals surface area contributed by atoms with Gasteiger partial charge in [-0.05, 0) is 34.5 Å². The highest BCUT2D eigenvalue weighted by Crippen LogP contribution is 2.23. The van der Waals surface area contributed by atoms with Crippen LogP contribution in [-0.4, -0.2) is 0 Å². The second kappa shape index (κ2) is 5.36. The maximum atomic E-state index is 3.70. The van der Waals surface area contributed by atoms with Gasteiger partial charge < -0.3 is 0 Å². The molecule has 0 saturated heterocycles. The molecule has 0 radical (unpaired) electrons. The van der Waals surface area contributed by atoms with Crippen molar-refractivity contribution in [2.24, 2.45) is 0 Å². The van der Waals surface area contributed by atoms with E-state index in [0.717, 1.165) is 0 Å². The summed E-state index contributed by atoms with van der Waals surface area (Å²) in [7, 11) is 0. The van der Waals surface area contributed by atoms with Crippen LogP contribution in [0.3, 0.4) is 0 Å². The van der Waals surface area contributed by atoms with Crippen LogP contribution < -0.4 is 0 Å². The first-order chi connectivity index (χ1) is 5.86. The smallest absolute Gasteiger partial charge is 0.0231 e. The van der Waals surface area contributed by atoms with E-state index in [4.69, 9.17) is 0 Å². The van der Waals surface area contributed by atoms with E-state index >= 15 is 0 Å². The first kappa shape index (κ1) is 9.78. The van der Waals surface area contributed by atoms with Crippen LogP contribution in [0.4, 0.5) is 0 Å². The fraction of sp³-hybridized carbons (Fsp3) is 0.273. The number of hydrogen-bond acceptors (Lipinski definition) is 0. The molecule has 0 atom stereocenters. The standard InChI is InChI=1S/C11H13I/c1-2-4-10-5-3-6-11(9-10)7-8-12/h2,4,7-9H,1,3,5-6H2/b8-7+,10-4+. The highest BCUT2D eigenvalue weighted by atomic mass is 127. The van der Waals surface area contributed by atoms with E-state index in [9.17, 15) is 0 Å². The van der Waals surface area contributed by atoms with Crippen molar-refractivity contribution in [3.05, 3.63) is 46.1 Å². The molecule has 0 N–H and O–H groups in total. The lowest BCUT2D eigenvalue weighted by Crippen LogP contribution is -1.91. The van der Waals surface area contributed by atoms with Gasteiger partial charge in [0, 0.05) is 0 Å². The van der Waals surface area contributed by atoms with Gasteiger partial charge in [-0.1, -0.05) is 53.5 Å². The predicted octanol–water partition coefficient (Wildman–Crippen LogP) is 4.16. The second-order valence-corrected chi connectivity index (χ2v) is 3.56. The molecule has 0 aromatic rings. The largest absolute Gasteiger partial charge is 0.0991 e. The minimum atomic E-state index is 1.20. The number of halogens is 1. The summed E-state index contributed by atoms with van der Waals surface area (Å²) in [6.45, 7) is 3.70. The minimum Gasteiger partial charge on any atom is -0.0991 e. The molecule has 0 spiro atoms. The van der Waals surface area contributed by atoms with E-state index in [1.54, 1.807) is 0 Å². The van der Waals surface area contributed by atoms with Crippen LogP contribution in [0.2, 0.25) is 0 Å². The lowest BCUT2D eigenvalue weighted by molar-refractivity contribution is 0.798. The van der Waals surface area contributed by atoms with E-state index in [1.807, 2.05) is 6.08 Å². The van der Waals surface area contributed by atoms with E-state index in [1.165, 1.54) is 30.4 Å². The third-order valence-electron chi connectivity index (χ3n) is 1.91. The molecule has 12 heavy (non-hydrogen) atoms. The predicted molar refractivity (Wildman–Crippen MR) is 63.4 cm³/mol. The van der Waals surface area contributed by atoms with Crippen LogP contribution in [0.1, 0.15) is 19.3 Å². The van der Waals surface area contributed by atoms with Gasteiger partial charge in [-0.3, -0.25) is 0 Å². The van der Waals surface area contributed by atoms with Gasteiger partial charge in [-0.15, -0.1) is 0 Å². The first-order valence-electron chi connectivity index (χ1n) is 4.15.